The van der Waals surface area contributed by atoms with E-state index in [0.29, 0.717) is 0 Å². The highest BCUT2D eigenvalue weighted by Gasteiger charge is 2.39. The molecule has 1 heteroatoms. The maximum Gasteiger partial charge on any atom is 0.135 e. The molecule has 1 unspecified atom stereocenters. The van der Waals surface area contributed by atoms with E-state index in [4.69, 9.17) is 4.42 Å². The fourth-order valence-electron chi connectivity index (χ4n) is 12.4. The first-order chi connectivity index (χ1) is 35.2. The average molecular weight is 921 g/mol. The molecular weight excluding hydrogens is 869 g/mol. The monoisotopic (exact) mass is 920 g/mol. The summed E-state index contributed by atoms with van der Waals surface area (Å²) in [7, 11) is 0. The summed E-state index contributed by atoms with van der Waals surface area (Å²) in [6.07, 6.45) is 0. The van der Waals surface area contributed by atoms with Crippen LogP contribution in [0.15, 0.2) is 241 Å². The first-order valence-corrected chi connectivity index (χ1v) is 25.4. The highest BCUT2D eigenvalue weighted by Crippen LogP contribution is 2.54. The van der Waals surface area contributed by atoms with Gasteiger partial charge in [0, 0.05) is 27.5 Å². The van der Waals surface area contributed by atoms with Gasteiger partial charge in [0.1, 0.15) is 11.2 Å². The number of benzene rings is 11. The van der Waals surface area contributed by atoms with Crippen LogP contribution in [0.1, 0.15) is 72.6 Å². The van der Waals surface area contributed by atoms with Gasteiger partial charge in [-0.3, -0.25) is 0 Å². The first kappa shape index (κ1) is 42.4. The number of hydrogen-bond acceptors (Lipinski definition) is 1. The second-order valence-corrected chi connectivity index (χ2v) is 21.3. The summed E-state index contributed by atoms with van der Waals surface area (Å²) in [5.74, 6) is 0.00867. The van der Waals surface area contributed by atoms with Crippen molar-refractivity contribution in [3.63, 3.8) is 0 Å². The molecule has 2 aliphatic carbocycles. The van der Waals surface area contributed by atoms with Crippen molar-refractivity contribution >= 4 is 32.7 Å². The number of fused-ring (bicyclic) bond motifs is 10. The molecule has 72 heavy (non-hydrogen) atoms. The lowest BCUT2D eigenvalue weighted by Crippen LogP contribution is -2.17. The minimum atomic E-state index is -0.215. The van der Waals surface area contributed by atoms with Crippen molar-refractivity contribution in [2.75, 3.05) is 0 Å². The van der Waals surface area contributed by atoms with Gasteiger partial charge in [0.25, 0.3) is 0 Å². The number of rotatable bonds is 7. The molecule has 1 heterocycles. The van der Waals surface area contributed by atoms with Gasteiger partial charge >= 0.3 is 0 Å². The van der Waals surface area contributed by atoms with Crippen molar-refractivity contribution in [2.24, 2.45) is 0 Å². The third kappa shape index (κ3) is 6.68. The Hall–Kier alpha value is -8.52. The number of para-hydroxylation sites is 1. The highest BCUT2D eigenvalue weighted by atomic mass is 16.3. The Balaban J connectivity index is 0.851. The Morgan fingerprint density at radius 2 is 0.681 bits per heavy atom. The lowest BCUT2D eigenvalue weighted by Gasteiger charge is -2.26. The van der Waals surface area contributed by atoms with E-state index in [2.05, 4.69) is 258 Å². The molecule has 0 radical (unpaired) electrons. The maximum absolute atomic E-state index is 6.21. The molecule has 14 rings (SSSR count). The van der Waals surface area contributed by atoms with Crippen LogP contribution < -0.4 is 0 Å². The summed E-state index contributed by atoms with van der Waals surface area (Å²) < 4.78 is 6.21. The minimum absolute atomic E-state index is 0.00867. The molecule has 12 aromatic rings. The molecular formula is C71H52O. The van der Waals surface area contributed by atoms with Gasteiger partial charge in [0.05, 0.1) is 0 Å². The maximum atomic E-state index is 6.21. The summed E-state index contributed by atoms with van der Waals surface area (Å²) >= 11 is 0. The molecule has 0 spiro atoms. The molecule has 1 atom stereocenters. The van der Waals surface area contributed by atoms with Crippen molar-refractivity contribution in [1.82, 2.24) is 0 Å². The van der Waals surface area contributed by atoms with Gasteiger partial charge in [-0.2, -0.15) is 0 Å². The third-order valence-electron chi connectivity index (χ3n) is 16.4. The fraction of sp³-hybridized carbons (Fsp3) is 0.0986. The van der Waals surface area contributed by atoms with Crippen LogP contribution in [0, 0.1) is 0 Å². The van der Waals surface area contributed by atoms with E-state index in [1.165, 1.54) is 116 Å². The minimum Gasteiger partial charge on any atom is -0.456 e. The summed E-state index contributed by atoms with van der Waals surface area (Å²) in [5, 5.41) is 4.84. The number of hydrogen-bond donors (Lipinski definition) is 0. The van der Waals surface area contributed by atoms with Crippen LogP contribution in [0.2, 0.25) is 0 Å². The molecule has 2 aliphatic rings. The SMILES string of the molecule is CC1(C)c2cc(-c3ccc4ccccc4c3)ccc2-c2ccc(C(c3ccc(-c4ccc(-c5ccccc5)cc4)cc3)c3ccc4c(c3)C(C)(C)c3cc(-c5ccc6oc7ccccc7c6c5)ccc3-4)cc21. The van der Waals surface area contributed by atoms with Crippen LogP contribution in [-0.4, -0.2) is 0 Å². The molecule has 0 N–H and O–H groups in total. The van der Waals surface area contributed by atoms with Crippen LogP contribution in [0.3, 0.4) is 0 Å². The fourth-order valence-corrected chi connectivity index (χ4v) is 12.4. The van der Waals surface area contributed by atoms with Gasteiger partial charge in [-0.05, 0) is 153 Å². The average Bonchev–Trinajstić information content (AvgIpc) is 4.00. The standard InChI is InChI=1S/C71H52O/c1-70(2)63-40-53(51-27-24-45-14-8-9-15-50(45)38-51)28-33-57(63)59-35-30-55(42-65(59)70)69(49-25-22-48(23-26-49)47-20-18-46(19-21-47)44-12-6-5-7-13-44)56-31-36-60-58-34-29-54(41-64(58)71(3,4)66(60)43-56)52-32-37-68-62(39-52)61-16-10-11-17-67(61)72-68/h5-43,69H,1-4H3. The Morgan fingerprint density at radius 1 is 0.278 bits per heavy atom. The van der Waals surface area contributed by atoms with Crippen LogP contribution in [0.5, 0.6) is 0 Å². The van der Waals surface area contributed by atoms with Crippen molar-refractivity contribution in [1.29, 1.82) is 0 Å². The van der Waals surface area contributed by atoms with Gasteiger partial charge in [0.2, 0.25) is 0 Å². The van der Waals surface area contributed by atoms with Crippen LogP contribution in [0.4, 0.5) is 0 Å². The predicted molar refractivity (Wildman–Crippen MR) is 302 cm³/mol. The third-order valence-corrected chi connectivity index (χ3v) is 16.4. The summed E-state index contributed by atoms with van der Waals surface area (Å²) in [6, 6.07) is 88.3. The molecule has 0 bridgehead atoms. The molecule has 0 saturated heterocycles. The second kappa shape index (κ2) is 16.0. The normalized spacial score (nSPS) is 14.3. The Bertz CT molecular complexity index is 4130. The summed E-state index contributed by atoms with van der Waals surface area (Å²) in [5.41, 5.74) is 26.0. The van der Waals surface area contributed by atoms with E-state index in [9.17, 15) is 0 Å². The smallest absolute Gasteiger partial charge is 0.135 e. The first-order valence-electron chi connectivity index (χ1n) is 25.4. The molecule has 342 valence electrons. The lowest BCUT2D eigenvalue weighted by atomic mass is 9.77. The lowest BCUT2D eigenvalue weighted by molar-refractivity contribution is 0.657. The molecule has 0 saturated carbocycles. The van der Waals surface area contributed by atoms with Gasteiger partial charge in [-0.1, -0.05) is 228 Å². The van der Waals surface area contributed by atoms with Gasteiger partial charge in [-0.15, -0.1) is 0 Å². The Labute approximate surface area is 421 Å². The predicted octanol–water partition coefficient (Wildman–Crippen LogP) is 19.2. The van der Waals surface area contributed by atoms with E-state index < -0.39 is 0 Å². The molecule has 0 fully saturated rings. The Kier molecular flexibility index (Phi) is 9.42. The zero-order valence-electron chi connectivity index (χ0n) is 41.0. The molecule has 1 aromatic heterocycles. The second-order valence-electron chi connectivity index (χ2n) is 21.3. The van der Waals surface area contributed by atoms with Crippen molar-refractivity contribution in [2.45, 2.75) is 44.4 Å². The number of furan rings is 1. The van der Waals surface area contributed by atoms with Crippen LogP contribution >= 0.6 is 0 Å². The molecule has 0 amide bonds. The van der Waals surface area contributed by atoms with Crippen molar-refractivity contribution < 1.29 is 4.42 Å². The quantitative estimate of drug-likeness (QED) is 0.145. The molecule has 0 aliphatic heterocycles. The van der Waals surface area contributed by atoms with Crippen LogP contribution in [0.25, 0.3) is 99.5 Å². The molecule has 11 aromatic carbocycles. The van der Waals surface area contributed by atoms with Gasteiger partial charge in [0.15, 0.2) is 0 Å². The van der Waals surface area contributed by atoms with Crippen molar-refractivity contribution in [3.8, 4) is 66.8 Å². The van der Waals surface area contributed by atoms with E-state index in [0.717, 1.165) is 21.9 Å². The highest BCUT2D eigenvalue weighted by molar-refractivity contribution is 6.06. The topological polar surface area (TPSA) is 13.1 Å². The van der Waals surface area contributed by atoms with Crippen LogP contribution in [-0.2, 0) is 10.8 Å². The van der Waals surface area contributed by atoms with Gasteiger partial charge < -0.3 is 4.42 Å². The summed E-state index contributed by atoms with van der Waals surface area (Å²) in [4.78, 5) is 0. The van der Waals surface area contributed by atoms with E-state index in [1.54, 1.807) is 0 Å². The van der Waals surface area contributed by atoms with Crippen molar-refractivity contribution in [3.05, 3.63) is 276 Å². The van der Waals surface area contributed by atoms with E-state index >= 15 is 0 Å². The zero-order chi connectivity index (χ0) is 48.3. The van der Waals surface area contributed by atoms with Gasteiger partial charge in [-0.25, -0.2) is 0 Å². The zero-order valence-corrected chi connectivity index (χ0v) is 41.0. The van der Waals surface area contributed by atoms with E-state index in [1.807, 2.05) is 6.07 Å². The molecule has 1 nitrogen and oxygen atoms in total. The summed E-state index contributed by atoms with van der Waals surface area (Å²) in [6.45, 7) is 9.65. The van der Waals surface area contributed by atoms with E-state index in [-0.39, 0.29) is 16.7 Å². The Morgan fingerprint density at radius 3 is 1.29 bits per heavy atom. The largest absolute Gasteiger partial charge is 0.456 e.